The number of benzene rings is 2. The van der Waals surface area contributed by atoms with Crippen LogP contribution in [0.3, 0.4) is 0 Å². The van der Waals surface area contributed by atoms with Gasteiger partial charge < -0.3 is 5.32 Å². The molecular weight excluding hydrogens is 372 g/mol. The second-order valence-electron chi connectivity index (χ2n) is 7.62. The molecule has 5 nitrogen and oxygen atoms in total. The van der Waals surface area contributed by atoms with Crippen LogP contribution in [0.1, 0.15) is 39.9 Å². The highest BCUT2D eigenvalue weighted by atomic mass is 32.2. The Morgan fingerprint density at radius 3 is 2.32 bits per heavy atom. The van der Waals surface area contributed by atoms with E-state index in [2.05, 4.69) is 5.32 Å². The molecule has 1 saturated heterocycles. The second-order valence-corrected chi connectivity index (χ2v) is 9.60. The Morgan fingerprint density at radius 2 is 1.71 bits per heavy atom. The zero-order valence-electron chi connectivity index (χ0n) is 16.5. The minimum atomic E-state index is -3.08. The Morgan fingerprint density at radius 1 is 1.07 bits per heavy atom. The molecule has 1 heterocycles. The molecule has 0 saturated carbocycles. The van der Waals surface area contributed by atoms with Gasteiger partial charge in [0, 0.05) is 25.2 Å². The summed E-state index contributed by atoms with van der Waals surface area (Å²) in [7, 11) is -3.08. The van der Waals surface area contributed by atoms with E-state index >= 15 is 0 Å². The fourth-order valence-electron chi connectivity index (χ4n) is 3.66. The summed E-state index contributed by atoms with van der Waals surface area (Å²) in [5.41, 5.74) is 4.13. The van der Waals surface area contributed by atoms with E-state index in [9.17, 15) is 13.2 Å². The predicted molar refractivity (Wildman–Crippen MR) is 112 cm³/mol. The maximum Gasteiger partial charge on any atom is 0.251 e. The topological polar surface area (TPSA) is 66.5 Å². The Balaban J connectivity index is 1.51. The van der Waals surface area contributed by atoms with Gasteiger partial charge in [0.2, 0.25) is 10.0 Å². The first kappa shape index (κ1) is 20.6. The predicted octanol–water partition coefficient (Wildman–Crippen LogP) is 3.14. The number of sulfonamides is 1. The molecule has 1 N–H and O–H groups in total. The number of nitrogens with zero attached hydrogens (tertiary/aromatic N) is 1. The van der Waals surface area contributed by atoms with E-state index in [0.717, 1.165) is 24.8 Å². The summed E-state index contributed by atoms with van der Waals surface area (Å²) in [5.74, 6) is 0.412. The van der Waals surface area contributed by atoms with Gasteiger partial charge >= 0.3 is 0 Å². The van der Waals surface area contributed by atoms with Crippen molar-refractivity contribution in [3.05, 3.63) is 70.8 Å². The van der Waals surface area contributed by atoms with Crippen LogP contribution in [-0.4, -0.2) is 38.0 Å². The van der Waals surface area contributed by atoms with Gasteiger partial charge in [0.05, 0.1) is 6.26 Å². The minimum absolute atomic E-state index is 0.0729. The SMILES string of the molecule is Cc1ccccc1CNC(=O)c1ccc(CC2CCN(S(C)(=O)=O)CC2)cc1. The van der Waals surface area contributed by atoms with Crippen molar-refractivity contribution in [1.29, 1.82) is 0 Å². The number of piperidine rings is 1. The second kappa shape index (κ2) is 8.88. The van der Waals surface area contributed by atoms with Gasteiger partial charge in [-0.05, 0) is 60.9 Å². The number of hydrogen-bond donors (Lipinski definition) is 1. The van der Waals surface area contributed by atoms with Crippen LogP contribution < -0.4 is 5.32 Å². The zero-order chi connectivity index (χ0) is 20.1. The molecule has 0 aromatic heterocycles. The maximum absolute atomic E-state index is 12.4. The molecule has 0 radical (unpaired) electrons. The van der Waals surface area contributed by atoms with E-state index in [1.165, 1.54) is 17.4 Å². The summed E-state index contributed by atoms with van der Waals surface area (Å²) < 4.78 is 24.8. The molecule has 3 rings (SSSR count). The summed E-state index contributed by atoms with van der Waals surface area (Å²) >= 11 is 0. The van der Waals surface area contributed by atoms with Crippen molar-refractivity contribution in [3.63, 3.8) is 0 Å². The monoisotopic (exact) mass is 400 g/mol. The lowest BCUT2D eigenvalue weighted by atomic mass is 9.91. The summed E-state index contributed by atoms with van der Waals surface area (Å²) in [6.07, 6.45) is 3.95. The van der Waals surface area contributed by atoms with Crippen LogP contribution in [0.15, 0.2) is 48.5 Å². The quantitative estimate of drug-likeness (QED) is 0.810. The van der Waals surface area contributed by atoms with Gasteiger partial charge in [0.25, 0.3) is 5.91 Å². The average molecular weight is 401 g/mol. The average Bonchev–Trinajstić information content (AvgIpc) is 2.67. The van der Waals surface area contributed by atoms with Crippen LogP contribution in [0.5, 0.6) is 0 Å². The molecule has 1 amide bonds. The van der Waals surface area contributed by atoms with E-state index in [1.54, 1.807) is 4.31 Å². The first-order valence-electron chi connectivity index (χ1n) is 9.69. The zero-order valence-corrected chi connectivity index (χ0v) is 17.3. The molecule has 0 spiro atoms. The first-order valence-corrected chi connectivity index (χ1v) is 11.5. The Kier molecular flexibility index (Phi) is 6.52. The van der Waals surface area contributed by atoms with Crippen molar-refractivity contribution in [3.8, 4) is 0 Å². The van der Waals surface area contributed by atoms with Crippen molar-refractivity contribution >= 4 is 15.9 Å². The van der Waals surface area contributed by atoms with Crippen LogP contribution in [0, 0.1) is 12.8 Å². The number of nitrogens with one attached hydrogen (secondary N) is 1. The van der Waals surface area contributed by atoms with Gasteiger partial charge in [-0.3, -0.25) is 4.79 Å². The fourth-order valence-corrected chi connectivity index (χ4v) is 4.53. The molecule has 2 aromatic rings. The van der Waals surface area contributed by atoms with Crippen LogP contribution in [0.25, 0.3) is 0 Å². The van der Waals surface area contributed by atoms with Gasteiger partial charge in [0.15, 0.2) is 0 Å². The Bertz CT molecular complexity index is 915. The summed E-state index contributed by atoms with van der Waals surface area (Å²) in [4.78, 5) is 12.4. The number of aryl methyl sites for hydroxylation is 1. The van der Waals surface area contributed by atoms with Crippen LogP contribution >= 0.6 is 0 Å². The lowest BCUT2D eigenvalue weighted by Gasteiger charge is -2.30. The van der Waals surface area contributed by atoms with Crippen LogP contribution in [0.2, 0.25) is 0 Å². The van der Waals surface area contributed by atoms with Crippen LogP contribution in [0.4, 0.5) is 0 Å². The van der Waals surface area contributed by atoms with Gasteiger partial charge in [-0.1, -0.05) is 36.4 Å². The van der Waals surface area contributed by atoms with Crippen molar-refractivity contribution in [1.82, 2.24) is 9.62 Å². The number of carbonyl (C=O) groups excluding carboxylic acids is 1. The van der Waals surface area contributed by atoms with Crippen molar-refractivity contribution in [2.24, 2.45) is 5.92 Å². The molecule has 150 valence electrons. The largest absolute Gasteiger partial charge is 0.348 e. The first-order chi connectivity index (χ1) is 13.3. The van der Waals surface area contributed by atoms with Gasteiger partial charge in [0.1, 0.15) is 0 Å². The molecular formula is C22H28N2O3S. The smallest absolute Gasteiger partial charge is 0.251 e. The molecule has 0 aliphatic carbocycles. The number of hydrogen-bond acceptors (Lipinski definition) is 3. The summed E-state index contributed by atoms with van der Waals surface area (Å²) in [6, 6.07) is 15.8. The fraction of sp³-hybridized carbons (Fsp3) is 0.409. The lowest BCUT2D eigenvalue weighted by molar-refractivity contribution is 0.0951. The molecule has 0 bridgehead atoms. The van der Waals surface area contributed by atoms with Crippen molar-refractivity contribution in [2.45, 2.75) is 32.7 Å². The third kappa shape index (κ3) is 5.42. The highest BCUT2D eigenvalue weighted by Crippen LogP contribution is 2.23. The maximum atomic E-state index is 12.4. The Hall–Kier alpha value is -2.18. The lowest BCUT2D eigenvalue weighted by Crippen LogP contribution is -2.38. The van der Waals surface area contributed by atoms with E-state index in [0.29, 0.717) is 31.1 Å². The van der Waals surface area contributed by atoms with Gasteiger partial charge in [-0.2, -0.15) is 0 Å². The molecule has 2 aromatic carbocycles. The van der Waals surface area contributed by atoms with E-state index in [-0.39, 0.29) is 5.91 Å². The van der Waals surface area contributed by atoms with Crippen molar-refractivity contribution < 1.29 is 13.2 Å². The molecule has 1 fully saturated rings. The van der Waals surface area contributed by atoms with E-state index in [4.69, 9.17) is 0 Å². The highest BCUT2D eigenvalue weighted by molar-refractivity contribution is 7.88. The highest BCUT2D eigenvalue weighted by Gasteiger charge is 2.24. The van der Waals surface area contributed by atoms with E-state index < -0.39 is 10.0 Å². The molecule has 1 aliphatic heterocycles. The minimum Gasteiger partial charge on any atom is -0.348 e. The number of amides is 1. The third-order valence-corrected chi connectivity index (χ3v) is 6.79. The summed E-state index contributed by atoms with van der Waals surface area (Å²) in [5, 5.41) is 2.97. The van der Waals surface area contributed by atoms with Gasteiger partial charge in [-0.15, -0.1) is 0 Å². The molecule has 1 aliphatic rings. The third-order valence-electron chi connectivity index (χ3n) is 5.48. The normalized spacial score (nSPS) is 16.1. The van der Waals surface area contributed by atoms with E-state index in [1.807, 2.05) is 55.5 Å². The molecule has 0 atom stereocenters. The molecule has 28 heavy (non-hydrogen) atoms. The number of carbonyl (C=O) groups is 1. The Labute approximate surface area is 167 Å². The van der Waals surface area contributed by atoms with Crippen LogP contribution in [-0.2, 0) is 23.0 Å². The molecule has 6 heteroatoms. The van der Waals surface area contributed by atoms with Gasteiger partial charge in [-0.25, -0.2) is 12.7 Å². The van der Waals surface area contributed by atoms with Crippen molar-refractivity contribution in [2.75, 3.05) is 19.3 Å². The number of rotatable bonds is 6. The molecule has 0 unspecified atom stereocenters. The summed E-state index contributed by atoms with van der Waals surface area (Å²) in [6.45, 7) is 3.76. The standard InChI is InChI=1S/C22H28N2O3S/c1-17-5-3-4-6-21(17)16-23-22(25)20-9-7-18(8-10-20)15-19-11-13-24(14-12-19)28(2,26)27/h3-10,19H,11-16H2,1-2H3,(H,23,25).